The molecule has 0 amide bonds. The van der Waals surface area contributed by atoms with E-state index >= 15 is 0 Å². The monoisotopic (exact) mass is 464 g/mol. The van der Waals surface area contributed by atoms with Crippen molar-refractivity contribution in [1.29, 1.82) is 0 Å². The molecule has 4 heteroatoms. The average molecular weight is 465 g/mol. The Bertz CT molecular complexity index is 861. The van der Waals surface area contributed by atoms with Crippen LogP contribution in [-0.2, 0) is 9.53 Å². The number of benzene rings is 3. The van der Waals surface area contributed by atoms with E-state index in [2.05, 4.69) is 91.0 Å². The van der Waals surface area contributed by atoms with Gasteiger partial charge in [-0.3, -0.25) is 0 Å². The summed E-state index contributed by atoms with van der Waals surface area (Å²) in [6.07, 6.45) is 3.93. The van der Waals surface area contributed by atoms with Crippen molar-refractivity contribution in [1.82, 2.24) is 0 Å². The summed E-state index contributed by atoms with van der Waals surface area (Å²) in [6.45, 7) is 3.89. The number of hydrogen-bond acceptors (Lipinski definition) is 3. The van der Waals surface area contributed by atoms with Crippen molar-refractivity contribution in [2.24, 2.45) is 5.92 Å². The Kier molecular flexibility index (Phi) is 9.66. The van der Waals surface area contributed by atoms with Gasteiger partial charge in [-0.15, -0.1) is 0 Å². The molecule has 0 aliphatic heterocycles. The SMILES string of the molecule is CC(O)C(C)COC(=O)CCCCC[PH](c1ccccc1)(c1ccccc1)c1ccccc1. The number of aliphatic hydroxyl groups is 1. The van der Waals surface area contributed by atoms with E-state index in [-0.39, 0.29) is 18.5 Å². The van der Waals surface area contributed by atoms with E-state index in [1.165, 1.54) is 15.9 Å². The van der Waals surface area contributed by atoms with Crippen molar-refractivity contribution >= 4 is 29.1 Å². The molecular formula is C29H37O3P. The van der Waals surface area contributed by atoms with Crippen molar-refractivity contribution in [3.8, 4) is 0 Å². The van der Waals surface area contributed by atoms with Crippen molar-refractivity contribution in [3.05, 3.63) is 91.0 Å². The van der Waals surface area contributed by atoms with Crippen molar-refractivity contribution in [2.75, 3.05) is 12.8 Å². The zero-order chi connectivity index (χ0) is 23.5. The van der Waals surface area contributed by atoms with Gasteiger partial charge in [0, 0.05) is 0 Å². The van der Waals surface area contributed by atoms with Crippen LogP contribution in [-0.4, -0.2) is 29.9 Å². The molecule has 1 N–H and O–H groups in total. The molecule has 0 radical (unpaired) electrons. The molecule has 0 aliphatic rings. The molecule has 3 aromatic rings. The molecule has 3 aromatic carbocycles. The molecule has 0 saturated heterocycles. The first kappa shape index (κ1) is 25.1. The summed E-state index contributed by atoms with van der Waals surface area (Å²) in [5.41, 5.74) is 0. The van der Waals surface area contributed by atoms with E-state index in [1.54, 1.807) is 6.92 Å². The van der Waals surface area contributed by atoms with Crippen LogP contribution in [0.5, 0.6) is 0 Å². The van der Waals surface area contributed by atoms with Gasteiger partial charge in [-0.25, -0.2) is 0 Å². The first-order valence-corrected chi connectivity index (χ1v) is 14.2. The first-order chi connectivity index (χ1) is 16.0. The van der Waals surface area contributed by atoms with Gasteiger partial charge < -0.3 is 0 Å². The van der Waals surface area contributed by atoms with E-state index in [0.29, 0.717) is 6.42 Å². The van der Waals surface area contributed by atoms with Crippen LogP contribution >= 0.6 is 7.26 Å². The second-order valence-corrected chi connectivity index (χ2v) is 13.0. The Morgan fingerprint density at radius 2 is 1.21 bits per heavy atom. The molecule has 2 atom stereocenters. The number of carbonyl (C=O) groups excluding carboxylic acids is 1. The molecule has 0 spiro atoms. The molecule has 3 nitrogen and oxygen atoms in total. The van der Waals surface area contributed by atoms with Crippen molar-refractivity contribution < 1.29 is 14.6 Å². The fourth-order valence-corrected chi connectivity index (χ4v) is 9.30. The van der Waals surface area contributed by atoms with Crippen LogP contribution in [0.3, 0.4) is 0 Å². The third-order valence-corrected chi connectivity index (χ3v) is 11.6. The molecule has 0 heterocycles. The Hall–Kier alpha value is -2.48. The Morgan fingerprint density at radius 1 is 0.758 bits per heavy atom. The molecule has 0 bridgehead atoms. The van der Waals surface area contributed by atoms with Gasteiger partial charge >= 0.3 is 199 Å². The topological polar surface area (TPSA) is 46.5 Å². The van der Waals surface area contributed by atoms with Gasteiger partial charge in [-0.2, -0.15) is 0 Å². The molecule has 2 unspecified atom stereocenters. The molecular weight excluding hydrogens is 427 g/mol. The van der Waals surface area contributed by atoms with Gasteiger partial charge in [0.1, 0.15) is 0 Å². The average Bonchev–Trinajstić information content (AvgIpc) is 2.86. The third kappa shape index (κ3) is 6.76. The normalized spacial score (nSPS) is 13.8. The van der Waals surface area contributed by atoms with Crippen LogP contribution in [0.1, 0.15) is 39.5 Å². The van der Waals surface area contributed by atoms with Gasteiger partial charge in [-0.05, 0) is 0 Å². The van der Waals surface area contributed by atoms with E-state index in [0.717, 1.165) is 25.4 Å². The van der Waals surface area contributed by atoms with Crippen LogP contribution < -0.4 is 15.9 Å². The summed E-state index contributed by atoms with van der Waals surface area (Å²) in [5.74, 6) is -0.205. The number of ether oxygens (including phenoxy) is 1. The molecule has 176 valence electrons. The Balaban J connectivity index is 1.72. The molecule has 0 aliphatic carbocycles. The number of carbonyl (C=O) groups is 1. The molecule has 3 rings (SSSR count). The van der Waals surface area contributed by atoms with Crippen LogP contribution in [0.4, 0.5) is 0 Å². The molecule has 0 saturated carbocycles. The predicted octanol–water partition coefficient (Wildman–Crippen LogP) is 4.83. The number of rotatable bonds is 12. The minimum absolute atomic E-state index is 0.0387. The zero-order valence-electron chi connectivity index (χ0n) is 19.8. The fraction of sp³-hybridized carbons (Fsp3) is 0.345. The zero-order valence-corrected chi connectivity index (χ0v) is 20.8. The Morgan fingerprint density at radius 3 is 1.64 bits per heavy atom. The van der Waals surface area contributed by atoms with Crippen molar-refractivity contribution in [3.63, 3.8) is 0 Å². The van der Waals surface area contributed by atoms with Gasteiger partial charge in [0.25, 0.3) is 0 Å². The van der Waals surface area contributed by atoms with Gasteiger partial charge in [0.05, 0.1) is 0 Å². The van der Waals surface area contributed by atoms with E-state index in [4.69, 9.17) is 4.74 Å². The molecule has 0 fully saturated rings. The summed E-state index contributed by atoms with van der Waals surface area (Å²) >= 11 is 0. The van der Waals surface area contributed by atoms with Crippen LogP contribution in [0, 0.1) is 5.92 Å². The summed E-state index contributed by atoms with van der Waals surface area (Å²) in [4.78, 5) is 12.1. The second-order valence-electron chi connectivity index (χ2n) is 8.96. The number of hydrogen-bond donors (Lipinski definition) is 1. The first-order valence-electron chi connectivity index (χ1n) is 12.0. The molecule has 0 aromatic heterocycles. The summed E-state index contributed by atoms with van der Waals surface area (Å²) < 4.78 is 5.33. The summed E-state index contributed by atoms with van der Waals surface area (Å²) in [5, 5.41) is 13.8. The predicted molar refractivity (Wildman–Crippen MR) is 142 cm³/mol. The maximum absolute atomic E-state index is 12.1. The second kappa shape index (κ2) is 12.7. The maximum atomic E-state index is 12.1. The van der Waals surface area contributed by atoms with Gasteiger partial charge in [0.2, 0.25) is 0 Å². The van der Waals surface area contributed by atoms with Crippen molar-refractivity contribution in [2.45, 2.75) is 45.6 Å². The van der Waals surface area contributed by atoms with E-state index in [9.17, 15) is 9.90 Å². The molecule has 33 heavy (non-hydrogen) atoms. The van der Waals surface area contributed by atoms with Crippen LogP contribution in [0.25, 0.3) is 0 Å². The van der Waals surface area contributed by atoms with Crippen LogP contribution in [0.15, 0.2) is 91.0 Å². The number of esters is 1. The minimum atomic E-state index is -2.19. The third-order valence-electron chi connectivity index (χ3n) is 6.56. The Labute approximate surface area is 199 Å². The standard InChI is InChI=1S/C29H37O3P/c1-24(25(2)30)23-32-29(31)21-13-6-14-22-33(26-15-7-3-8-16-26,27-17-9-4-10-18-27)28-19-11-5-12-20-28/h3-5,7-12,15-20,24-25,30,33H,6,13-14,21-23H2,1-2H3. The van der Waals surface area contributed by atoms with E-state index in [1.807, 2.05) is 6.92 Å². The fourth-order valence-electron chi connectivity index (χ4n) is 4.37. The summed E-state index contributed by atoms with van der Waals surface area (Å²) in [7, 11) is -2.19. The summed E-state index contributed by atoms with van der Waals surface area (Å²) in [6, 6.07) is 32.8. The number of aliphatic hydroxyl groups excluding tert-OH is 1. The van der Waals surface area contributed by atoms with Gasteiger partial charge in [0.15, 0.2) is 0 Å². The van der Waals surface area contributed by atoms with Gasteiger partial charge in [-0.1, -0.05) is 0 Å². The van der Waals surface area contributed by atoms with E-state index < -0.39 is 13.4 Å². The number of unbranched alkanes of at least 4 members (excludes halogenated alkanes) is 2. The quantitative estimate of drug-likeness (QED) is 0.237. The van der Waals surface area contributed by atoms with Crippen LogP contribution in [0.2, 0.25) is 0 Å².